The number of nitrogens with one attached hydrogen (secondary N) is 3. The average Bonchev–Trinajstić information content (AvgIpc) is 2.88. The number of fused-ring (bicyclic) bond motifs is 4. The molecule has 1 heterocycles. The summed E-state index contributed by atoms with van der Waals surface area (Å²) < 4.78 is 28.0. The lowest BCUT2D eigenvalue weighted by atomic mass is 9.97. The van der Waals surface area contributed by atoms with Gasteiger partial charge in [-0.1, -0.05) is 24.3 Å². The topological polar surface area (TPSA) is 111 Å². The maximum absolute atomic E-state index is 13.6. The molecule has 10 heteroatoms. The monoisotopic (exact) mass is 557 g/mol. The maximum atomic E-state index is 13.6. The van der Waals surface area contributed by atoms with Crippen LogP contribution in [0.2, 0.25) is 0 Å². The van der Waals surface area contributed by atoms with Crippen molar-refractivity contribution in [2.45, 2.75) is 71.0 Å². The van der Waals surface area contributed by atoms with Gasteiger partial charge in [-0.2, -0.15) is 12.7 Å². The van der Waals surface area contributed by atoms with E-state index < -0.39 is 16.3 Å². The number of amides is 2. The van der Waals surface area contributed by atoms with E-state index in [4.69, 9.17) is 0 Å². The number of carbonyl (C=O) groups is 2. The third kappa shape index (κ3) is 8.52. The van der Waals surface area contributed by atoms with Crippen molar-refractivity contribution in [1.82, 2.24) is 20.3 Å². The maximum Gasteiger partial charge on any atom is 0.303 e. The summed E-state index contributed by atoms with van der Waals surface area (Å²) in [5.74, 6) is -0.380. The molecule has 2 atom stereocenters. The number of carbonyl (C=O) groups excluding carboxylic acids is 2. The van der Waals surface area contributed by atoms with Crippen molar-refractivity contribution < 1.29 is 18.0 Å². The molecule has 1 aliphatic rings. The van der Waals surface area contributed by atoms with E-state index in [0.29, 0.717) is 24.2 Å². The fourth-order valence-corrected chi connectivity index (χ4v) is 5.49. The molecule has 0 radical (unpaired) electrons. The number of anilines is 1. The fraction of sp³-hybridized carbons (Fsp3) is 0.517. The predicted molar refractivity (Wildman–Crippen MR) is 156 cm³/mol. The first-order valence-electron chi connectivity index (χ1n) is 13.6. The fourth-order valence-electron chi connectivity index (χ4n) is 4.63. The van der Waals surface area contributed by atoms with Gasteiger partial charge in [0, 0.05) is 45.3 Å². The van der Waals surface area contributed by atoms with E-state index >= 15 is 0 Å². The second kappa shape index (κ2) is 13.4. The zero-order valence-corrected chi connectivity index (χ0v) is 24.8. The summed E-state index contributed by atoms with van der Waals surface area (Å²) >= 11 is 0. The third-order valence-electron chi connectivity index (χ3n) is 6.90. The Kier molecular flexibility index (Phi) is 10.5. The number of hydrogen-bond acceptors (Lipinski definition) is 5. The summed E-state index contributed by atoms with van der Waals surface area (Å²) in [6.45, 7) is 6.03. The van der Waals surface area contributed by atoms with Gasteiger partial charge in [0.05, 0.1) is 11.7 Å². The van der Waals surface area contributed by atoms with Gasteiger partial charge in [0.25, 0.3) is 5.91 Å². The van der Waals surface area contributed by atoms with Crippen LogP contribution in [0.3, 0.4) is 0 Å². The van der Waals surface area contributed by atoms with E-state index in [9.17, 15) is 18.0 Å². The lowest BCUT2D eigenvalue weighted by Crippen LogP contribution is -2.50. The first-order valence-corrected chi connectivity index (χ1v) is 15.0. The van der Waals surface area contributed by atoms with Crippen LogP contribution in [0.1, 0.15) is 60.7 Å². The molecule has 39 heavy (non-hydrogen) atoms. The molecule has 1 aliphatic heterocycles. The van der Waals surface area contributed by atoms with Gasteiger partial charge < -0.3 is 16.0 Å². The van der Waals surface area contributed by atoms with Crippen LogP contribution >= 0.6 is 0 Å². The smallest absolute Gasteiger partial charge is 0.303 e. The summed E-state index contributed by atoms with van der Waals surface area (Å²) in [4.78, 5) is 26.0. The molecule has 9 nitrogen and oxygen atoms in total. The first-order chi connectivity index (χ1) is 18.4. The zero-order chi connectivity index (χ0) is 28.7. The Bertz CT molecular complexity index is 1260. The van der Waals surface area contributed by atoms with E-state index in [1.807, 2.05) is 26.0 Å². The highest BCUT2D eigenvalue weighted by Gasteiger charge is 2.24. The predicted octanol–water partition coefficient (Wildman–Crippen LogP) is 2.65. The highest BCUT2D eigenvalue weighted by Crippen LogP contribution is 2.24. The minimum absolute atomic E-state index is 0.0365. The first kappa shape index (κ1) is 30.6. The molecule has 0 aromatic heterocycles. The summed E-state index contributed by atoms with van der Waals surface area (Å²) in [7, 11) is 0.745. The molecule has 4 bridgehead atoms. The second-order valence-corrected chi connectivity index (χ2v) is 13.0. The van der Waals surface area contributed by atoms with Crippen molar-refractivity contribution in [2.75, 3.05) is 32.0 Å². The molecule has 2 aromatic rings. The van der Waals surface area contributed by atoms with Crippen LogP contribution in [-0.2, 0) is 34.3 Å². The lowest BCUT2D eigenvalue weighted by Gasteiger charge is -2.25. The van der Waals surface area contributed by atoms with Crippen LogP contribution in [0, 0.1) is 0 Å². The molecule has 0 fully saturated rings. The minimum Gasteiger partial charge on any atom is -0.353 e. The van der Waals surface area contributed by atoms with Gasteiger partial charge in [-0.25, -0.2) is 0 Å². The quantitative estimate of drug-likeness (QED) is 0.462. The molecule has 3 N–H and O–H groups in total. The standard InChI is InChI=1S/C29H43N5O4S/c1-20(2)31-28(35)21(3)30-19-26-16-23-13-9-12-22(14-23)10-7-8-11-24-15-25(29(36)32-26)18-27(17-24)34(6)39(37,38)33(4)5/h9,12-15,17-18,20-21,26,30H,7-8,10-11,16,19H2,1-6H3,(H,31,35)(H,32,36)/t21-,26+/m0/s1. The van der Waals surface area contributed by atoms with Gasteiger partial charge in [-0.05, 0) is 87.8 Å². The Labute approximate surface area is 233 Å². The number of hydrogen-bond donors (Lipinski definition) is 3. The number of aryl methyl sites for hydroxylation is 2. The molecular weight excluding hydrogens is 514 g/mol. The Morgan fingerprint density at radius 2 is 1.67 bits per heavy atom. The average molecular weight is 558 g/mol. The Hall–Kier alpha value is -2.95. The summed E-state index contributed by atoms with van der Waals surface area (Å²) in [5.41, 5.74) is 4.13. The van der Waals surface area contributed by atoms with Crippen LogP contribution in [0.5, 0.6) is 0 Å². The van der Waals surface area contributed by atoms with Crippen LogP contribution < -0.4 is 20.3 Å². The molecule has 2 aromatic carbocycles. The van der Waals surface area contributed by atoms with E-state index in [-0.39, 0.29) is 23.9 Å². The van der Waals surface area contributed by atoms with Crippen molar-refractivity contribution in [3.8, 4) is 0 Å². The van der Waals surface area contributed by atoms with Crippen LogP contribution in [0.15, 0.2) is 42.5 Å². The second-order valence-electron chi connectivity index (χ2n) is 10.8. The number of benzene rings is 2. The van der Waals surface area contributed by atoms with E-state index in [1.165, 1.54) is 31.0 Å². The number of rotatable bonds is 8. The zero-order valence-electron chi connectivity index (χ0n) is 24.0. The van der Waals surface area contributed by atoms with Crippen LogP contribution in [-0.4, -0.2) is 70.4 Å². The van der Waals surface area contributed by atoms with Crippen molar-refractivity contribution in [1.29, 1.82) is 0 Å². The van der Waals surface area contributed by atoms with E-state index in [1.54, 1.807) is 13.0 Å². The SMILES string of the molecule is CC(C)NC(=O)[C@H](C)NC[C@H]1Cc2cccc(c2)CCCCc2cc(cc(N(C)S(=O)(=O)N(C)C)c2)C(=O)N1. The highest BCUT2D eigenvalue weighted by atomic mass is 32.2. The summed E-state index contributed by atoms with van der Waals surface area (Å²) in [6.07, 6.45) is 4.16. The van der Waals surface area contributed by atoms with Gasteiger partial charge in [0.2, 0.25) is 5.91 Å². The lowest BCUT2D eigenvalue weighted by molar-refractivity contribution is -0.123. The Morgan fingerprint density at radius 1 is 1.00 bits per heavy atom. The van der Waals surface area contributed by atoms with Gasteiger partial charge in [-0.15, -0.1) is 0 Å². The largest absolute Gasteiger partial charge is 0.353 e. The van der Waals surface area contributed by atoms with Crippen LogP contribution in [0.4, 0.5) is 5.69 Å². The van der Waals surface area contributed by atoms with Crippen molar-refractivity contribution in [3.05, 3.63) is 64.7 Å². The molecule has 0 saturated heterocycles. The molecule has 0 saturated carbocycles. The Morgan fingerprint density at radius 3 is 2.33 bits per heavy atom. The third-order valence-corrected chi connectivity index (χ3v) is 8.72. The normalized spacial score (nSPS) is 17.3. The van der Waals surface area contributed by atoms with E-state index in [0.717, 1.165) is 41.1 Å². The summed E-state index contributed by atoms with van der Waals surface area (Å²) in [6, 6.07) is 13.1. The molecular formula is C29H43N5O4S. The number of nitrogens with zero attached hydrogens (tertiary/aromatic N) is 2. The highest BCUT2D eigenvalue weighted by molar-refractivity contribution is 7.90. The molecule has 214 valence electrons. The van der Waals surface area contributed by atoms with Crippen molar-refractivity contribution in [3.63, 3.8) is 0 Å². The van der Waals surface area contributed by atoms with Gasteiger partial charge >= 0.3 is 10.2 Å². The minimum atomic E-state index is -3.72. The Balaban J connectivity index is 1.92. The van der Waals surface area contributed by atoms with Crippen molar-refractivity contribution in [2.24, 2.45) is 0 Å². The van der Waals surface area contributed by atoms with Gasteiger partial charge in [0.15, 0.2) is 0 Å². The van der Waals surface area contributed by atoms with Crippen molar-refractivity contribution >= 4 is 27.7 Å². The van der Waals surface area contributed by atoms with Crippen LogP contribution in [0.25, 0.3) is 0 Å². The van der Waals surface area contributed by atoms with Gasteiger partial charge in [0.1, 0.15) is 0 Å². The molecule has 0 unspecified atom stereocenters. The summed E-state index contributed by atoms with van der Waals surface area (Å²) in [5, 5.41) is 9.32. The molecule has 3 rings (SSSR count). The molecule has 0 aliphatic carbocycles. The molecule has 0 spiro atoms. The molecule has 2 amide bonds. The van der Waals surface area contributed by atoms with Gasteiger partial charge in [-0.3, -0.25) is 13.9 Å². The van der Waals surface area contributed by atoms with E-state index in [2.05, 4.69) is 40.2 Å².